The van der Waals surface area contributed by atoms with Gasteiger partial charge in [-0.15, -0.1) is 0 Å². The number of nitrogens with one attached hydrogen (secondary N) is 1. The summed E-state index contributed by atoms with van der Waals surface area (Å²) in [6, 6.07) is 5.30. The van der Waals surface area contributed by atoms with E-state index in [9.17, 15) is 10.2 Å². The lowest BCUT2D eigenvalue weighted by Crippen LogP contribution is -2.44. The Morgan fingerprint density at radius 3 is 2.86 bits per heavy atom. The van der Waals surface area contributed by atoms with E-state index in [2.05, 4.69) is 12.2 Å². The van der Waals surface area contributed by atoms with Gasteiger partial charge < -0.3 is 20.3 Å². The molecule has 0 amide bonds. The largest absolute Gasteiger partial charge is 0.507 e. The Labute approximate surface area is 127 Å². The van der Waals surface area contributed by atoms with Crippen molar-refractivity contribution in [3.05, 3.63) is 23.8 Å². The summed E-state index contributed by atoms with van der Waals surface area (Å²) in [6.07, 6.45) is 3.99. The van der Waals surface area contributed by atoms with Gasteiger partial charge in [-0.25, -0.2) is 0 Å². The summed E-state index contributed by atoms with van der Waals surface area (Å²) >= 11 is 0. The number of rotatable bonds is 5. The van der Waals surface area contributed by atoms with Gasteiger partial charge in [0.1, 0.15) is 11.5 Å². The monoisotopic (exact) mass is 293 g/mol. The summed E-state index contributed by atoms with van der Waals surface area (Å²) in [6.45, 7) is 4.75. The molecular formula is C17H27NO3. The number of aromatic hydroxyl groups is 1. The Morgan fingerprint density at radius 1 is 1.48 bits per heavy atom. The van der Waals surface area contributed by atoms with E-state index in [-0.39, 0.29) is 11.8 Å². The standard InChI is InChI=1S/C17H27NO3/c1-12-5-4-8-17(20,10-12)11-18-13(2)15-7-6-14(21-3)9-16(15)19/h6-7,9,12-13,18-20H,4-5,8,10-11H2,1-3H3. The average Bonchev–Trinajstić information content (AvgIpc) is 2.44. The molecule has 0 saturated heterocycles. The Kier molecular flexibility index (Phi) is 5.12. The molecule has 1 saturated carbocycles. The highest BCUT2D eigenvalue weighted by atomic mass is 16.5. The lowest BCUT2D eigenvalue weighted by Gasteiger charge is -2.36. The van der Waals surface area contributed by atoms with E-state index in [1.54, 1.807) is 13.2 Å². The molecule has 3 unspecified atom stereocenters. The minimum atomic E-state index is -0.617. The third-order valence-corrected chi connectivity index (χ3v) is 4.51. The van der Waals surface area contributed by atoms with Crippen LogP contribution in [0.1, 0.15) is 51.1 Å². The zero-order chi connectivity index (χ0) is 15.5. The highest BCUT2D eigenvalue weighted by molar-refractivity contribution is 5.41. The van der Waals surface area contributed by atoms with Gasteiger partial charge in [0.25, 0.3) is 0 Å². The van der Waals surface area contributed by atoms with Crippen molar-refractivity contribution in [2.24, 2.45) is 5.92 Å². The molecule has 0 heterocycles. The number of ether oxygens (including phenoxy) is 1. The molecule has 1 aliphatic carbocycles. The predicted molar refractivity (Wildman–Crippen MR) is 83.7 cm³/mol. The van der Waals surface area contributed by atoms with Gasteiger partial charge in [0.15, 0.2) is 0 Å². The first-order chi connectivity index (χ1) is 9.93. The number of hydrogen-bond acceptors (Lipinski definition) is 4. The Balaban J connectivity index is 1.96. The highest BCUT2D eigenvalue weighted by Crippen LogP contribution is 2.33. The van der Waals surface area contributed by atoms with Gasteiger partial charge in [0, 0.05) is 24.2 Å². The van der Waals surface area contributed by atoms with E-state index in [4.69, 9.17) is 4.74 Å². The lowest BCUT2D eigenvalue weighted by molar-refractivity contribution is -0.0134. The zero-order valence-electron chi connectivity index (χ0n) is 13.2. The topological polar surface area (TPSA) is 61.7 Å². The maximum Gasteiger partial charge on any atom is 0.124 e. The molecular weight excluding hydrogens is 266 g/mol. The Morgan fingerprint density at radius 2 is 2.24 bits per heavy atom. The second-order valence-corrected chi connectivity index (χ2v) is 6.45. The molecule has 21 heavy (non-hydrogen) atoms. The molecule has 4 heteroatoms. The molecule has 2 rings (SSSR count). The predicted octanol–water partition coefficient (Wildman–Crippen LogP) is 2.99. The van der Waals surface area contributed by atoms with Gasteiger partial charge >= 0.3 is 0 Å². The van der Waals surface area contributed by atoms with Crippen LogP contribution in [-0.4, -0.2) is 29.5 Å². The fourth-order valence-corrected chi connectivity index (χ4v) is 3.26. The van der Waals surface area contributed by atoms with E-state index < -0.39 is 5.60 Å². The van der Waals surface area contributed by atoms with Gasteiger partial charge in [-0.1, -0.05) is 25.8 Å². The SMILES string of the molecule is COc1ccc(C(C)NCC2(O)CCCC(C)C2)c(O)c1. The van der Waals surface area contributed by atoms with Crippen molar-refractivity contribution in [1.29, 1.82) is 0 Å². The van der Waals surface area contributed by atoms with Crippen molar-refractivity contribution in [1.82, 2.24) is 5.32 Å². The summed E-state index contributed by atoms with van der Waals surface area (Å²) in [5, 5.41) is 24.1. The number of methoxy groups -OCH3 is 1. The van der Waals surface area contributed by atoms with Crippen molar-refractivity contribution >= 4 is 0 Å². The molecule has 0 aliphatic heterocycles. The molecule has 1 aromatic rings. The smallest absolute Gasteiger partial charge is 0.124 e. The van der Waals surface area contributed by atoms with Crippen LogP contribution in [0.3, 0.4) is 0 Å². The van der Waals surface area contributed by atoms with Gasteiger partial charge in [-0.2, -0.15) is 0 Å². The molecule has 0 bridgehead atoms. The van der Waals surface area contributed by atoms with Crippen LogP contribution in [-0.2, 0) is 0 Å². The third kappa shape index (κ3) is 4.11. The maximum atomic E-state index is 10.6. The molecule has 0 aromatic heterocycles. The van der Waals surface area contributed by atoms with Gasteiger partial charge in [0.2, 0.25) is 0 Å². The first-order valence-corrected chi connectivity index (χ1v) is 7.76. The van der Waals surface area contributed by atoms with E-state index in [1.807, 2.05) is 19.1 Å². The van der Waals surface area contributed by atoms with Crippen molar-refractivity contribution in [2.45, 2.75) is 51.2 Å². The zero-order valence-corrected chi connectivity index (χ0v) is 13.2. The number of phenolic OH excluding ortho intramolecular Hbond substituents is 1. The summed E-state index contributed by atoms with van der Waals surface area (Å²) in [5.41, 5.74) is 0.205. The molecule has 3 atom stereocenters. The molecule has 0 radical (unpaired) electrons. The molecule has 4 nitrogen and oxygen atoms in total. The molecule has 3 N–H and O–H groups in total. The van der Waals surface area contributed by atoms with E-state index >= 15 is 0 Å². The van der Waals surface area contributed by atoms with Crippen LogP contribution in [0.25, 0.3) is 0 Å². The van der Waals surface area contributed by atoms with E-state index in [1.165, 1.54) is 6.42 Å². The number of benzene rings is 1. The second-order valence-electron chi connectivity index (χ2n) is 6.45. The number of hydrogen-bond donors (Lipinski definition) is 3. The average molecular weight is 293 g/mol. The fraction of sp³-hybridized carbons (Fsp3) is 0.647. The third-order valence-electron chi connectivity index (χ3n) is 4.51. The Bertz CT molecular complexity index is 477. The molecule has 1 fully saturated rings. The van der Waals surface area contributed by atoms with Crippen molar-refractivity contribution in [3.63, 3.8) is 0 Å². The summed E-state index contributed by atoms with van der Waals surface area (Å²) in [4.78, 5) is 0. The molecule has 1 aliphatic rings. The first kappa shape index (κ1) is 16.1. The van der Waals surface area contributed by atoms with Crippen LogP contribution in [0.15, 0.2) is 18.2 Å². The van der Waals surface area contributed by atoms with Gasteiger partial charge in [-0.3, -0.25) is 0 Å². The van der Waals surface area contributed by atoms with Crippen LogP contribution in [0.5, 0.6) is 11.5 Å². The van der Waals surface area contributed by atoms with Crippen molar-refractivity contribution in [2.75, 3.05) is 13.7 Å². The minimum absolute atomic E-state index is 0.0165. The van der Waals surface area contributed by atoms with Crippen LogP contribution in [0.4, 0.5) is 0 Å². The van der Waals surface area contributed by atoms with Crippen LogP contribution < -0.4 is 10.1 Å². The summed E-state index contributed by atoms with van der Waals surface area (Å²) < 4.78 is 5.09. The fourth-order valence-electron chi connectivity index (χ4n) is 3.26. The minimum Gasteiger partial charge on any atom is -0.507 e. The van der Waals surface area contributed by atoms with E-state index in [0.717, 1.165) is 24.8 Å². The van der Waals surface area contributed by atoms with Crippen LogP contribution in [0, 0.1) is 5.92 Å². The second kappa shape index (κ2) is 6.67. The lowest BCUT2D eigenvalue weighted by atomic mass is 9.79. The Hall–Kier alpha value is -1.26. The van der Waals surface area contributed by atoms with Crippen LogP contribution in [0.2, 0.25) is 0 Å². The van der Waals surface area contributed by atoms with Gasteiger partial charge in [0.05, 0.1) is 12.7 Å². The maximum absolute atomic E-state index is 10.6. The van der Waals surface area contributed by atoms with Gasteiger partial charge in [-0.05, 0) is 31.7 Å². The van der Waals surface area contributed by atoms with Crippen molar-refractivity contribution in [3.8, 4) is 11.5 Å². The van der Waals surface area contributed by atoms with Crippen LogP contribution >= 0.6 is 0 Å². The molecule has 0 spiro atoms. The quantitative estimate of drug-likeness (QED) is 0.781. The number of aliphatic hydroxyl groups is 1. The normalized spacial score (nSPS) is 27.3. The molecule has 118 valence electrons. The highest BCUT2D eigenvalue weighted by Gasteiger charge is 2.32. The summed E-state index contributed by atoms with van der Waals surface area (Å²) in [5.74, 6) is 1.44. The molecule has 1 aromatic carbocycles. The van der Waals surface area contributed by atoms with E-state index in [0.29, 0.717) is 18.2 Å². The van der Waals surface area contributed by atoms with Crippen molar-refractivity contribution < 1.29 is 14.9 Å². The summed E-state index contributed by atoms with van der Waals surface area (Å²) in [7, 11) is 1.58. The first-order valence-electron chi connectivity index (χ1n) is 7.76. The number of phenols is 1.